The molecule has 4 nitrogen and oxygen atoms in total. The second-order valence-corrected chi connectivity index (χ2v) is 5.09. The third kappa shape index (κ3) is 6.08. The van der Waals surface area contributed by atoms with Gasteiger partial charge in [-0.3, -0.25) is 4.79 Å². The molecule has 4 heteroatoms. The number of nitrogens with zero attached hydrogens (tertiary/aromatic N) is 1. The number of hydrogen-bond acceptors (Lipinski definition) is 3. The summed E-state index contributed by atoms with van der Waals surface area (Å²) in [6.07, 6.45) is 0. The van der Waals surface area contributed by atoms with Gasteiger partial charge in [0, 0.05) is 19.2 Å². The highest BCUT2D eigenvalue weighted by Gasteiger charge is 2.19. The number of carbonyl (C=O) groups is 1. The molecule has 0 aliphatic heterocycles. The Hall–Kier alpha value is -0.610. The summed E-state index contributed by atoms with van der Waals surface area (Å²) in [6, 6.07) is 0.129. The van der Waals surface area contributed by atoms with Crippen LogP contribution in [0.1, 0.15) is 34.6 Å². The molecule has 1 atom stereocenters. The molecule has 1 amide bonds. The number of nitrogens with one attached hydrogen (secondary N) is 1. The lowest BCUT2D eigenvalue weighted by molar-refractivity contribution is -0.133. The van der Waals surface area contributed by atoms with Crippen LogP contribution in [0.3, 0.4) is 0 Å². The Morgan fingerprint density at radius 3 is 2.38 bits per heavy atom. The summed E-state index contributed by atoms with van der Waals surface area (Å²) in [6.45, 7) is 11.8. The van der Waals surface area contributed by atoms with Crippen LogP contribution < -0.4 is 5.32 Å². The molecule has 0 saturated heterocycles. The minimum Gasteiger partial charge on any atom is -0.383 e. The molecule has 1 unspecified atom stereocenters. The average molecular weight is 230 g/mol. The van der Waals surface area contributed by atoms with Crippen LogP contribution in [0, 0.1) is 0 Å². The summed E-state index contributed by atoms with van der Waals surface area (Å²) in [5.41, 5.74) is -0.0282. The summed E-state index contributed by atoms with van der Waals surface area (Å²) >= 11 is 0. The first-order valence-corrected chi connectivity index (χ1v) is 5.85. The van der Waals surface area contributed by atoms with E-state index in [-0.39, 0.29) is 17.5 Å². The average Bonchev–Trinajstić information content (AvgIpc) is 2.15. The molecule has 0 aliphatic rings. The normalized spacial score (nSPS) is 13.6. The van der Waals surface area contributed by atoms with Gasteiger partial charge in [-0.2, -0.15) is 0 Å². The third-order valence-corrected chi connectivity index (χ3v) is 2.37. The van der Waals surface area contributed by atoms with Crippen LogP contribution in [0.2, 0.25) is 0 Å². The van der Waals surface area contributed by atoms with Crippen LogP contribution in [0.15, 0.2) is 0 Å². The Kier molecular flexibility index (Phi) is 6.60. The minimum absolute atomic E-state index is 0.0282. The summed E-state index contributed by atoms with van der Waals surface area (Å²) < 4.78 is 5.07. The van der Waals surface area contributed by atoms with E-state index < -0.39 is 0 Å². The molecular weight excluding hydrogens is 204 g/mol. The molecule has 96 valence electrons. The Morgan fingerprint density at radius 2 is 2.00 bits per heavy atom. The zero-order chi connectivity index (χ0) is 12.8. The number of hydrogen-bond donors (Lipinski definition) is 1. The van der Waals surface area contributed by atoms with Crippen molar-refractivity contribution < 1.29 is 9.53 Å². The topological polar surface area (TPSA) is 41.6 Å². The first kappa shape index (κ1) is 15.4. The highest BCUT2D eigenvalue weighted by molar-refractivity contribution is 5.78. The maximum absolute atomic E-state index is 11.9. The Labute approximate surface area is 99.3 Å². The van der Waals surface area contributed by atoms with Crippen molar-refractivity contribution in [2.24, 2.45) is 0 Å². The van der Waals surface area contributed by atoms with Gasteiger partial charge in [0.2, 0.25) is 5.91 Å². The Balaban J connectivity index is 4.21. The molecule has 0 heterocycles. The van der Waals surface area contributed by atoms with E-state index in [1.54, 1.807) is 7.11 Å². The van der Waals surface area contributed by atoms with Crippen molar-refractivity contribution in [3.8, 4) is 0 Å². The molecule has 0 aliphatic carbocycles. The van der Waals surface area contributed by atoms with Gasteiger partial charge < -0.3 is 15.0 Å². The molecule has 0 fully saturated rings. The molecular formula is C12H26N2O2. The van der Waals surface area contributed by atoms with E-state index in [0.29, 0.717) is 13.2 Å². The highest BCUT2D eigenvalue weighted by Crippen LogP contribution is 2.02. The van der Waals surface area contributed by atoms with E-state index in [4.69, 9.17) is 4.74 Å². The zero-order valence-corrected chi connectivity index (χ0v) is 11.5. The van der Waals surface area contributed by atoms with Gasteiger partial charge >= 0.3 is 0 Å². The van der Waals surface area contributed by atoms with Crippen LogP contribution in [0.4, 0.5) is 0 Å². The van der Waals surface area contributed by atoms with E-state index in [0.717, 1.165) is 6.54 Å². The number of carbonyl (C=O) groups excluding carboxylic acids is 1. The molecule has 0 saturated carbocycles. The highest BCUT2D eigenvalue weighted by atomic mass is 16.5. The minimum atomic E-state index is -0.0282. The van der Waals surface area contributed by atoms with E-state index in [2.05, 4.69) is 26.1 Å². The fourth-order valence-electron chi connectivity index (χ4n) is 1.51. The van der Waals surface area contributed by atoms with Crippen molar-refractivity contribution in [2.75, 3.05) is 26.8 Å². The van der Waals surface area contributed by atoms with Crippen molar-refractivity contribution in [1.29, 1.82) is 0 Å². The largest absolute Gasteiger partial charge is 0.383 e. The molecule has 0 rings (SSSR count). The van der Waals surface area contributed by atoms with Crippen LogP contribution in [0.25, 0.3) is 0 Å². The Morgan fingerprint density at radius 1 is 1.44 bits per heavy atom. The maximum atomic E-state index is 11.9. The fraction of sp³-hybridized carbons (Fsp3) is 0.917. The SMILES string of the molecule is CCN(C(=O)CNC(C)(C)C)C(C)COC. The molecule has 0 bridgehead atoms. The first-order chi connectivity index (χ1) is 7.31. The summed E-state index contributed by atoms with van der Waals surface area (Å²) in [5.74, 6) is 0.127. The number of ether oxygens (including phenoxy) is 1. The van der Waals surface area contributed by atoms with Crippen LogP contribution in [-0.4, -0.2) is 49.2 Å². The number of amides is 1. The van der Waals surface area contributed by atoms with Crippen molar-refractivity contribution >= 4 is 5.91 Å². The molecule has 0 aromatic carbocycles. The number of methoxy groups -OCH3 is 1. The number of likely N-dealkylation sites (N-methyl/N-ethyl adjacent to an activating group) is 1. The van der Waals surface area contributed by atoms with E-state index >= 15 is 0 Å². The maximum Gasteiger partial charge on any atom is 0.236 e. The first-order valence-electron chi connectivity index (χ1n) is 5.85. The van der Waals surface area contributed by atoms with Crippen LogP contribution in [-0.2, 0) is 9.53 Å². The van der Waals surface area contributed by atoms with Crippen molar-refractivity contribution in [3.63, 3.8) is 0 Å². The molecule has 0 radical (unpaired) electrons. The molecule has 0 spiro atoms. The molecule has 16 heavy (non-hydrogen) atoms. The quantitative estimate of drug-likeness (QED) is 0.747. The standard InChI is InChI=1S/C12H26N2O2/c1-7-14(10(2)9-16-6)11(15)8-13-12(3,4)5/h10,13H,7-9H2,1-6H3. The lowest BCUT2D eigenvalue weighted by atomic mass is 10.1. The van der Waals surface area contributed by atoms with Crippen molar-refractivity contribution in [1.82, 2.24) is 10.2 Å². The monoisotopic (exact) mass is 230 g/mol. The molecule has 0 aromatic heterocycles. The van der Waals surface area contributed by atoms with Gasteiger partial charge in [0.15, 0.2) is 0 Å². The lowest BCUT2D eigenvalue weighted by Crippen LogP contribution is -2.48. The predicted molar refractivity (Wildman–Crippen MR) is 66.5 cm³/mol. The van der Waals surface area contributed by atoms with Gasteiger partial charge in [-0.05, 0) is 34.6 Å². The molecule has 1 N–H and O–H groups in total. The van der Waals surface area contributed by atoms with Crippen LogP contribution in [0.5, 0.6) is 0 Å². The van der Waals surface area contributed by atoms with Gasteiger partial charge in [0.25, 0.3) is 0 Å². The third-order valence-electron chi connectivity index (χ3n) is 2.37. The van der Waals surface area contributed by atoms with E-state index in [1.807, 2.05) is 18.7 Å². The van der Waals surface area contributed by atoms with Gasteiger partial charge in [-0.25, -0.2) is 0 Å². The van der Waals surface area contributed by atoms with Crippen molar-refractivity contribution in [2.45, 2.75) is 46.2 Å². The van der Waals surface area contributed by atoms with Gasteiger partial charge in [0.1, 0.15) is 0 Å². The van der Waals surface area contributed by atoms with Gasteiger partial charge in [-0.1, -0.05) is 0 Å². The Bertz CT molecular complexity index is 212. The summed E-state index contributed by atoms with van der Waals surface area (Å²) in [4.78, 5) is 13.8. The zero-order valence-electron chi connectivity index (χ0n) is 11.5. The van der Waals surface area contributed by atoms with Gasteiger partial charge in [0.05, 0.1) is 19.2 Å². The predicted octanol–water partition coefficient (Wildman–Crippen LogP) is 1.26. The lowest BCUT2D eigenvalue weighted by Gasteiger charge is -2.29. The smallest absolute Gasteiger partial charge is 0.236 e. The van der Waals surface area contributed by atoms with Gasteiger partial charge in [-0.15, -0.1) is 0 Å². The second kappa shape index (κ2) is 6.86. The van der Waals surface area contributed by atoms with Crippen molar-refractivity contribution in [3.05, 3.63) is 0 Å². The number of rotatable bonds is 6. The fourth-order valence-corrected chi connectivity index (χ4v) is 1.51. The summed E-state index contributed by atoms with van der Waals surface area (Å²) in [5, 5.41) is 3.20. The second-order valence-electron chi connectivity index (χ2n) is 5.09. The molecule has 0 aromatic rings. The summed E-state index contributed by atoms with van der Waals surface area (Å²) in [7, 11) is 1.65. The van der Waals surface area contributed by atoms with E-state index in [1.165, 1.54) is 0 Å². The van der Waals surface area contributed by atoms with E-state index in [9.17, 15) is 4.79 Å². The van der Waals surface area contributed by atoms with Crippen LogP contribution >= 0.6 is 0 Å².